The summed E-state index contributed by atoms with van der Waals surface area (Å²) in [4.78, 5) is 9.00. The van der Waals surface area contributed by atoms with Gasteiger partial charge in [0, 0.05) is 30.7 Å². The number of nitrogens with zero attached hydrogens (tertiary/aromatic N) is 3. The van der Waals surface area contributed by atoms with Gasteiger partial charge >= 0.3 is 0 Å². The fraction of sp³-hybridized carbons (Fsp3) is 0.263. The molecule has 3 aromatic rings. The Morgan fingerprint density at radius 2 is 1.96 bits per heavy atom. The van der Waals surface area contributed by atoms with E-state index in [2.05, 4.69) is 26.9 Å². The number of hydrogen-bond acceptors (Lipinski definition) is 5. The number of aromatic nitrogens is 3. The van der Waals surface area contributed by atoms with Gasteiger partial charge in [-0.3, -0.25) is 0 Å². The van der Waals surface area contributed by atoms with E-state index in [0.29, 0.717) is 17.1 Å². The van der Waals surface area contributed by atoms with Crippen molar-refractivity contribution >= 4 is 21.5 Å². The van der Waals surface area contributed by atoms with E-state index >= 15 is 0 Å². The van der Waals surface area contributed by atoms with E-state index in [1.54, 1.807) is 24.5 Å². The molecule has 0 spiro atoms. The third kappa shape index (κ3) is 4.35. The third-order valence-electron chi connectivity index (χ3n) is 4.18. The number of nitrogens with one attached hydrogen (secondary N) is 2. The van der Waals surface area contributed by atoms with Gasteiger partial charge in [-0.25, -0.2) is 23.1 Å². The molecule has 142 valence electrons. The first-order chi connectivity index (χ1) is 12.9. The Bertz CT molecular complexity index is 1030. The number of benzene rings is 1. The highest BCUT2D eigenvalue weighted by molar-refractivity contribution is 7.89. The van der Waals surface area contributed by atoms with Crippen LogP contribution in [0.15, 0.2) is 53.9 Å². The first-order valence-corrected chi connectivity index (χ1v) is 10.2. The van der Waals surface area contributed by atoms with Crippen LogP contribution >= 0.6 is 0 Å². The van der Waals surface area contributed by atoms with Crippen molar-refractivity contribution in [2.24, 2.45) is 7.05 Å². The van der Waals surface area contributed by atoms with Crippen molar-refractivity contribution in [3.8, 4) is 11.3 Å². The molecule has 0 saturated heterocycles. The lowest BCUT2D eigenvalue weighted by Gasteiger charge is -2.13. The number of sulfonamides is 1. The predicted molar refractivity (Wildman–Crippen MR) is 106 cm³/mol. The number of imidazole rings is 1. The molecule has 0 fully saturated rings. The standard InChI is InChI=1S/C19H23N5O2S/c1-4-5-14-6-9-19(21-11-14)23-17-8-7-15(27(25,26)20-2)10-16(17)18-12-24(3)13-22-18/h6-13,20H,4-5H2,1-3H3,(H,21,23). The molecule has 0 bridgehead atoms. The maximum Gasteiger partial charge on any atom is 0.240 e. The van der Waals surface area contributed by atoms with Gasteiger partial charge < -0.3 is 9.88 Å². The van der Waals surface area contributed by atoms with Gasteiger partial charge in [0.05, 0.1) is 16.9 Å². The minimum absolute atomic E-state index is 0.183. The maximum absolute atomic E-state index is 12.2. The van der Waals surface area contributed by atoms with Crippen molar-refractivity contribution < 1.29 is 8.42 Å². The molecule has 27 heavy (non-hydrogen) atoms. The summed E-state index contributed by atoms with van der Waals surface area (Å²) in [7, 11) is -0.292. The minimum Gasteiger partial charge on any atom is -0.340 e. The van der Waals surface area contributed by atoms with Crippen molar-refractivity contribution in [1.82, 2.24) is 19.3 Å². The van der Waals surface area contributed by atoms with Crippen LogP contribution in [0, 0.1) is 0 Å². The van der Waals surface area contributed by atoms with E-state index in [0.717, 1.165) is 18.5 Å². The van der Waals surface area contributed by atoms with Gasteiger partial charge in [-0.15, -0.1) is 0 Å². The van der Waals surface area contributed by atoms with Crippen molar-refractivity contribution in [2.45, 2.75) is 24.7 Å². The highest BCUT2D eigenvalue weighted by atomic mass is 32.2. The number of aryl methyl sites for hydroxylation is 2. The van der Waals surface area contributed by atoms with Gasteiger partial charge in [-0.1, -0.05) is 19.4 Å². The minimum atomic E-state index is -3.55. The van der Waals surface area contributed by atoms with Crippen molar-refractivity contribution in [3.63, 3.8) is 0 Å². The SMILES string of the molecule is CCCc1ccc(Nc2ccc(S(=O)(=O)NC)cc2-c2cn(C)cn2)nc1. The predicted octanol–water partition coefficient (Wildman–Crippen LogP) is 3.09. The lowest BCUT2D eigenvalue weighted by atomic mass is 10.1. The fourth-order valence-electron chi connectivity index (χ4n) is 2.75. The van der Waals surface area contributed by atoms with Crippen LogP contribution in [0.25, 0.3) is 11.3 Å². The molecule has 0 radical (unpaired) electrons. The second-order valence-electron chi connectivity index (χ2n) is 6.27. The average molecular weight is 385 g/mol. The third-order valence-corrected chi connectivity index (χ3v) is 5.59. The maximum atomic E-state index is 12.2. The van der Waals surface area contributed by atoms with Crippen LogP contribution in [-0.4, -0.2) is 30.0 Å². The summed E-state index contributed by atoms with van der Waals surface area (Å²) >= 11 is 0. The van der Waals surface area contributed by atoms with Gasteiger partial charge in [0.2, 0.25) is 10.0 Å². The highest BCUT2D eigenvalue weighted by Gasteiger charge is 2.16. The van der Waals surface area contributed by atoms with Gasteiger partial charge in [0.1, 0.15) is 5.82 Å². The molecule has 2 N–H and O–H groups in total. The lowest BCUT2D eigenvalue weighted by molar-refractivity contribution is 0.588. The molecule has 0 amide bonds. The fourth-order valence-corrected chi connectivity index (χ4v) is 3.51. The van der Waals surface area contributed by atoms with Crippen LogP contribution < -0.4 is 10.0 Å². The van der Waals surface area contributed by atoms with E-state index in [-0.39, 0.29) is 4.90 Å². The number of hydrogen-bond donors (Lipinski definition) is 2. The van der Waals surface area contributed by atoms with Crippen LogP contribution in [0.5, 0.6) is 0 Å². The van der Waals surface area contributed by atoms with E-state index < -0.39 is 10.0 Å². The topological polar surface area (TPSA) is 88.9 Å². The highest BCUT2D eigenvalue weighted by Crippen LogP contribution is 2.31. The molecular formula is C19H23N5O2S. The summed E-state index contributed by atoms with van der Waals surface area (Å²) < 4.78 is 28.5. The second kappa shape index (κ2) is 7.89. The van der Waals surface area contributed by atoms with E-state index in [9.17, 15) is 8.42 Å². The molecule has 0 atom stereocenters. The van der Waals surface area contributed by atoms with Crippen LogP contribution in [0.4, 0.5) is 11.5 Å². The van der Waals surface area contributed by atoms with Crippen molar-refractivity contribution in [1.29, 1.82) is 0 Å². The Kier molecular flexibility index (Phi) is 5.57. The van der Waals surface area contributed by atoms with E-state index in [1.165, 1.54) is 12.6 Å². The molecule has 1 aromatic carbocycles. The molecule has 0 saturated carbocycles. The van der Waals surface area contributed by atoms with Crippen LogP contribution in [0.1, 0.15) is 18.9 Å². The summed E-state index contributed by atoms with van der Waals surface area (Å²) in [6.07, 6.45) is 7.43. The van der Waals surface area contributed by atoms with Crippen molar-refractivity contribution in [3.05, 3.63) is 54.6 Å². The lowest BCUT2D eigenvalue weighted by Crippen LogP contribution is -2.18. The molecule has 2 aromatic heterocycles. The van der Waals surface area contributed by atoms with Crippen LogP contribution in [0.3, 0.4) is 0 Å². The first kappa shape index (κ1) is 19.1. The van der Waals surface area contributed by atoms with E-state index in [1.807, 2.05) is 36.1 Å². The molecule has 8 heteroatoms. The molecule has 0 aliphatic carbocycles. The summed E-state index contributed by atoms with van der Waals surface area (Å²) in [5.74, 6) is 0.691. The molecule has 0 aliphatic rings. The van der Waals surface area contributed by atoms with E-state index in [4.69, 9.17) is 0 Å². The number of pyridine rings is 1. The Balaban J connectivity index is 2.01. The summed E-state index contributed by atoms with van der Waals surface area (Å²) in [6.45, 7) is 2.13. The smallest absolute Gasteiger partial charge is 0.240 e. The Morgan fingerprint density at radius 1 is 1.15 bits per heavy atom. The molecule has 2 heterocycles. The Labute approximate surface area is 159 Å². The van der Waals surface area contributed by atoms with Gasteiger partial charge in [0.15, 0.2) is 0 Å². The largest absolute Gasteiger partial charge is 0.340 e. The monoisotopic (exact) mass is 385 g/mol. The summed E-state index contributed by atoms with van der Waals surface area (Å²) in [5.41, 5.74) is 3.28. The summed E-state index contributed by atoms with van der Waals surface area (Å²) in [6, 6.07) is 8.87. The number of anilines is 2. The molecular weight excluding hydrogens is 362 g/mol. The zero-order valence-corrected chi connectivity index (χ0v) is 16.4. The molecule has 0 aliphatic heterocycles. The van der Waals surface area contributed by atoms with Gasteiger partial charge in [-0.2, -0.15) is 0 Å². The Hall–Kier alpha value is -2.71. The van der Waals surface area contributed by atoms with Crippen LogP contribution in [-0.2, 0) is 23.5 Å². The molecule has 7 nitrogen and oxygen atoms in total. The zero-order chi connectivity index (χ0) is 19.4. The van der Waals surface area contributed by atoms with Gasteiger partial charge in [-0.05, 0) is 43.3 Å². The second-order valence-corrected chi connectivity index (χ2v) is 8.15. The Morgan fingerprint density at radius 3 is 2.56 bits per heavy atom. The quantitative estimate of drug-likeness (QED) is 0.652. The normalized spacial score (nSPS) is 11.5. The number of rotatable bonds is 7. The van der Waals surface area contributed by atoms with Crippen LogP contribution in [0.2, 0.25) is 0 Å². The molecule has 3 rings (SSSR count). The first-order valence-electron chi connectivity index (χ1n) is 8.71. The van der Waals surface area contributed by atoms with Gasteiger partial charge in [0.25, 0.3) is 0 Å². The summed E-state index contributed by atoms with van der Waals surface area (Å²) in [5, 5.41) is 3.27. The molecule has 0 unspecified atom stereocenters. The zero-order valence-electron chi connectivity index (χ0n) is 15.6. The average Bonchev–Trinajstić information content (AvgIpc) is 3.10. The van der Waals surface area contributed by atoms with Crippen molar-refractivity contribution in [2.75, 3.05) is 12.4 Å².